The third kappa shape index (κ3) is 4.66. The molecule has 3 aromatic rings. The minimum Gasteiger partial charge on any atom is -0.452 e. The summed E-state index contributed by atoms with van der Waals surface area (Å²) < 4.78 is 41.4. The second kappa shape index (κ2) is 9.05. The molecule has 6 nitrogen and oxygen atoms in total. The molecule has 1 unspecified atom stereocenters. The van der Waals surface area contributed by atoms with Crippen LogP contribution in [-0.4, -0.2) is 33.1 Å². The Morgan fingerprint density at radius 3 is 2.77 bits per heavy atom. The second-order valence-corrected chi connectivity index (χ2v) is 10.1. The Morgan fingerprint density at radius 1 is 1.20 bits per heavy atom. The lowest BCUT2D eigenvalue weighted by atomic mass is 9.86. The van der Waals surface area contributed by atoms with Crippen LogP contribution in [0.15, 0.2) is 48.7 Å². The van der Waals surface area contributed by atoms with Crippen LogP contribution in [-0.2, 0) is 4.74 Å². The van der Waals surface area contributed by atoms with Gasteiger partial charge in [-0.1, -0.05) is 17.8 Å². The van der Waals surface area contributed by atoms with Crippen molar-refractivity contribution in [1.82, 2.24) is 9.97 Å². The third-order valence-electron chi connectivity index (χ3n) is 6.10. The zero-order chi connectivity index (χ0) is 24.7. The molecular weight excluding hydrogens is 470 g/mol. The summed E-state index contributed by atoms with van der Waals surface area (Å²) in [5.74, 6) is -0.734. The number of rotatable bonds is 4. The van der Waals surface area contributed by atoms with E-state index in [-0.39, 0.29) is 16.8 Å². The van der Waals surface area contributed by atoms with Crippen LogP contribution >= 0.6 is 11.8 Å². The van der Waals surface area contributed by atoms with Crippen LogP contribution in [0.5, 0.6) is 11.5 Å². The standard InChI is InChI=1S/C26H24F2N4O2S/c1-26(2)12-15(7-9-33-26)20-11-18-19(13-35-25(29)30)17-10-14(16-4-3-8-31-23(16)27)5-6-21(17)34-22(18)24(28)32-20/h3-6,8,10-12,19H,7,9,13H2,1-2H3,(H3,29,30). The fraction of sp³-hybridized carbons (Fsp3) is 0.269. The molecule has 9 heteroatoms. The van der Waals surface area contributed by atoms with Crippen molar-refractivity contribution in [2.24, 2.45) is 5.73 Å². The van der Waals surface area contributed by atoms with E-state index in [4.69, 9.17) is 20.6 Å². The Morgan fingerprint density at radius 2 is 2.03 bits per heavy atom. The van der Waals surface area contributed by atoms with Crippen molar-refractivity contribution >= 4 is 22.5 Å². The molecule has 2 aromatic heterocycles. The van der Waals surface area contributed by atoms with Gasteiger partial charge in [-0.25, -0.2) is 9.97 Å². The summed E-state index contributed by atoms with van der Waals surface area (Å²) in [6, 6.07) is 10.4. The minimum atomic E-state index is -0.700. The maximum atomic E-state index is 15.3. The molecule has 1 atom stereocenters. The largest absolute Gasteiger partial charge is 0.452 e. The number of nitrogens with one attached hydrogen (secondary N) is 1. The lowest BCUT2D eigenvalue weighted by Gasteiger charge is -2.31. The topological polar surface area (TPSA) is 94.1 Å². The van der Waals surface area contributed by atoms with E-state index in [1.165, 1.54) is 6.20 Å². The number of ether oxygens (including phenoxy) is 2. The van der Waals surface area contributed by atoms with E-state index < -0.39 is 17.5 Å². The van der Waals surface area contributed by atoms with E-state index in [1.807, 2.05) is 32.1 Å². The van der Waals surface area contributed by atoms with E-state index in [1.54, 1.807) is 24.3 Å². The lowest BCUT2D eigenvalue weighted by Crippen LogP contribution is -2.26. The molecule has 0 radical (unpaired) electrons. The quantitative estimate of drug-likeness (QED) is 0.268. The number of benzene rings is 1. The molecule has 180 valence electrons. The predicted molar refractivity (Wildman–Crippen MR) is 133 cm³/mol. The van der Waals surface area contributed by atoms with Gasteiger partial charge >= 0.3 is 0 Å². The number of nitrogens with zero attached hydrogens (tertiary/aromatic N) is 2. The van der Waals surface area contributed by atoms with Gasteiger partial charge in [0.1, 0.15) is 5.75 Å². The van der Waals surface area contributed by atoms with Gasteiger partial charge in [-0.2, -0.15) is 8.78 Å². The fourth-order valence-electron chi connectivity index (χ4n) is 4.52. The lowest BCUT2D eigenvalue weighted by molar-refractivity contribution is 0.0164. The van der Waals surface area contributed by atoms with E-state index in [0.29, 0.717) is 46.9 Å². The molecule has 2 aliphatic rings. The Kier molecular flexibility index (Phi) is 6.06. The van der Waals surface area contributed by atoms with Crippen molar-refractivity contribution in [2.75, 3.05) is 12.4 Å². The molecule has 5 rings (SSSR count). The number of pyridine rings is 2. The summed E-state index contributed by atoms with van der Waals surface area (Å²) in [5, 5.41) is 7.67. The maximum absolute atomic E-state index is 15.3. The molecule has 0 spiro atoms. The first-order valence-electron chi connectivity index (χ1n) is 11.2. The highest BCUT2D eigenvalue weighted by Crippen LogP contribution is 2.48. The van der Waals surface area contributed by atoms with Crippen LogP contribution in [0, 0.1) is 17.3 Å². The number of amidine groups is 1. The number of thioether (sulfide) groups is 1. The number of hydrogen-bond acceptors (Lipinski definition) is 6. The number of aromatic nitrogens is 2. The Hall–Kier alpha value is -3.30. The maximum Gasteiger partial charge on any atom is 0.256 e. The van der Waals surface area contributed by atoms with E-state index in [2.05, 4.69) is 9.97 Å². The molecule has 0 fully saturated rings. The van der Waals surface area contributed by atoms with Crippen LogP contribution in [0.25, 0.3) is 16.7 Å². The van der Waals surface area contributed by atoms with E-state index in [9.17, 15) is 4.39 Å². The summed E-state index contributed by atoms with van der Waals surface area (Å²) >= 11 is 1.16. The fourth-order valence-corrected chi connectivity index (χ4v) is 5.22. The van der Waals surface area contributed by atoms with Crippen molar-refractivity contribution in [3.63, 3.8) is 0 Å². The van der Waals surface area contributed by atoms with Gasteiger partial charge in [0.25, 0.3) is 5.95 Å². The summed E-state index contributed by atoms with van der Waals surface area (Å²) in [7, 11) is 0. The van der Waals surface area contributed by atoms with Crippen LogP contribution in [0.3, 0.4) is 0 Å². The van der Waals surface area contributed by atoms with Crippen LogP contribution in [0.1, 0.15) is 43.0 Å². The second-order valence-electron chi connectivity index (χ2n) is 9.01. The summed E-state index contributed by atoms with van der Waals surface area (Å²) in [6.45, 7) is 4.42. The number of nitrogens with two attached hydrogens (primary N) is 1. The number of hydrogen-bond donors (Lipinski definition) is 2. The Bertz CT molecular complexity index is 1360. The molecule has 3 N–H and O–H groups in total. The first kappa shape index (κ1) is 23.4. The van der Waals surface area contributed by atoms with Crippen molar-refractivity contribution in [1.29, 1.82) is 5.41 Å². The SMILES string of the molecule is CC1(C)C=C(c2cc3c(c(F)n2)Oc2ccc(-c4cccnc4F)cc2C3CSC(=N)N)CCO1. The number of fused-ring (bicyclic) bond motifs is 2. The molecule has 0 amide bonds. The monoisotopic (exact) mass is 494 g/mol. The normalized spacial score (nSPS) is 18.2. The van der Waals surface area contributed by atoms with Crippen LogP contribution in [0.4, 0.5) is 8.78 Å². The average molecular weight is 495 g/mol. The van der Waals surface area contributed by atoms with Gasteiger partial charge < -0.3 is 15.2 Å². The molecule has 0 bridgehead atoms. The number of halogens is 2. The summed E-state index contributed by atoms with van der Waals surface area (Å²) in [4.78, 5) is 7.96. The highest BCUT2D eigenvalue weighted by Gasteiger charge is 2.33. The van der Waals surface area contributed by atoms with Gasteiger partial charge in [0, 0.05) is 34.6 Å². The zero-order valence-corrected chi connectivity index (χ0v) is 20.1. The van der Waals surface area contributed by atoms with Gasteiger partial charge in [0.2, 0.25) is 5.95 Å². The van der Waals surface area contributed by atoms with E-state index >= 15 is 4.39 Å². The first-order chi connectivity index (χ1) is 16.7. The molecule has 0 aliphatic carbocycles. The molecular formula is C26H24F2N4O2S. The van der Waals surface area contributed by atoms with Crippen molar-refractivity contribution in [3.05, 3.63) is 77.4 Å². The first-order valence-corrected chi connectivity index (χ1v) is 12.2. The van der Waals surface area contributed by atoms with Crippen LogP contribution < -0.4 is 10.5 Å². The van der Waals surface area contributed by atoms with Gasteiger partial charge in [0.15, 0.2) is 10.9 Å². The molecule has 4 heterocycles. The molecule has 35 heavy (non-hydrogen) atoms. The molecule has 0 saturated carbocycles. The third-order valence-corrected chi connectivity index (χ3v) is 6.92. The van der Waals surface area contributed by atoms with Crippen molar-refractivity contribution < 1.29 is 18.3 Å². The molecule has 0 saturated heterocycles. The van der Waals surface area contributed by atoms with Gasteiger partial charge in [-0.05, 0) is 67.8 Å². The van der Waals surface area contributed by atoms with Gasteiger partial charge in [-0.3, -0.25) is 5.41 Å². The smallest absolute Gasteiger partial charge is 0.256 e. The minimum absolute atomic E-state index is 0.0438. The Balaban J connectivity index is 1.64. The van der Waals surface area contributed by atoms with Crippen molar-refractivity contribution in [2.45, 2.75) is 31.8 Å². The average Bonchev–Trinajstić information content (AvgIpc) is 2.81. The van der Waals surface area contributed by atoms with Gasteiger partial charge in [-0.15, -0.1) is 0 Å². The van der Waals surface area contributed by atoms with Crippen molar-refractivity contribution in [3.8, 4) is 22.6 Å². The van der Waals surface area contributed by atoms with Gasteiger partial charge in [0.05, 0.1) is 17.9 Å². The highest BCUT2D eigenvalue weighted by molar-refractivity contribution is 8.13. The molecule has 1 aromatic carbocycles. The highest BCUT2D eigenvalue weighted by atomic mass is 32.2. The zero-order valence-electron chi connectivity index (χ0n) is 19.3. The summed E-state index contributed by atoms with van der Waals surface area (Å²) in [5.41, 5.74) is 8.95. The predicted octanol–water partition coefficient (Wildman–Crippen LogP) is 5.87. The Labute approximate surface area is 206 Å². The summed E-state index contributed by atoms with van der Waals surface area (Å²) in [6.07, 6.45) is 3.97. The van der Waals surface area contributed by atoms with E-state index in [0.717, 1.165) is 22.9 Å². The van der Waals surface area contributed by atoms with Crippen LogP contribution in [0.2, 0.25) is 0 Å². The molecule has 2 aliphatic heterocycles.